The first-order chi connectivity index (χ1) is 10.1. The summed E-state index contributed by atoms with van der Waals surface area (Å²) >= 11 is 0. The van der Waals surface area contributed by atoms with E-state index in [2.05, 4.69) is 39.7 Å². The summed E-state index contributed by atoms with van der Waals surface area (Å²) in [7, 11) is 1.63. The van der Waals surface area contributed by atoms with Crippen molar-refractivity contribution in [1.82, 2.24) is 15.2 Å². The average molecular weight is 287 g/mol. The fourth-order valence-corrected chi connectivity index (χ4v) is 1.79. The van der Waals surface area contributed by atoms with Crippen molar-refractivity contribution < 1.29 is 4.74 Å². The number of ether oxygens (including phenoxy) is 1. The van der Waals surface area contributed by atoms with Gasteiger partial charge in [0, 0.05) is 6.54 Å². The van der Waals surface area contributed by atoms with Crippen molar-refractivity contribution in [2.75, 3.05) is 24.3 Å². The Morgan fingerprint density at radius 2 is 2.10 bits per heavy atom. The largest absolute Gasteiger partial charge is 0.495 e. The van der Waals surface area contributed by atoms with Gasteiger partial charge in [-0.05, 0) is 30.5 Å². The van der Waals surface area contributed by atoms with Gasteiger partial charge in [-0.15, -0.1) is 5.10 Å². The van der Waals surface area contributed by atoms with Gasteiger partial charge in [-0.1, -0.05) is 19.9 Å². The van der Waals surface area contributed by atoms with Crippen molar-refractivity contribution >= 4 is 17.5 Å². The van der Waals surface area contributed by atoms with Gasteiger partial charge in [-0.3, -0.25) is 0 Å². The molecule has 0 bridgehead atoms. The molecule has 2 aromatic rings. The van der Waals surface area contributed by atoms with Gasteiger partial charge in [0.25, 0.3) is 0 Å². The monoisotopic (exact) mass is 287 g/mol. The zero-order chi connectivity index (χ0) is 15.2. The van der Waals surface area contributed by atoms with E-state index in [1.807, 2.05) is 25.1 Å². The van der Waals surface area contributed by atoms with Crippen molar-refractivity contribution in [3.8, 4) is 5.75 Å². The maximum absolute atomic E-state index is 5.33. The summed E-state index contributed by atoms with van der Waals surface area (Å²) in [6.07, 6.45) is 1.61. The van der Waals surface area contributed by atoms with Gasteiger partial charge in [0.1, 0.15) is 5.75 Å². The van der Waals surface area contributed by atoms with Crippen LogP contribution in [0.2, 0.25) is 0 Å². The number of rotatable bonds is 6. The molecule has 1 heterocycles. The fourth-order valence-electron chi connectivity index (χ4n) is 1.79. The van der Waals surface area contributed by atoms with Gasteiger partial charge in [-0.2, -0.15) is 10.1 Å². The predicted molar refractivity (Wildman–Crippen MR) is 84.2 cm³/mol. The highest BCUT2D eigenvalue weighted by Gasteiger charge is 2.07. The Bertz CT molecular complexity index is 600. The van der Waals surface area contributed by atoms with Crippen molar-refractivity contribution in [2.45, 2.75) is 20.8 Å². The number of hydrogen-bond acceptors (Lipinski definition) is 6. The van der Waals surface area contributed by atoms with Crippen LogP contribution >= 0.6 is 0 Å². The molecule has 0 radical (unpaired) electrons. The van der Waals surface area contributed by atoms with Gasteiger partial charge < -0.3 is 15.4 Å². The molecule has 0 amide bonds. The molecule has 0 aliphatic rings. The first-order valence-electron chi connectivity index (χ1n) is 6.93. The topological polar surface area (TPSA) is 72.0 Å². The Balaban J connectivity index is 2.16. The zero-order valence-corrected chi connectivity index (χ0v) is 12.8. The minimum absolute atomic E-state index is 0.438. The third-order valence-electron chi connectivity index (χ3n) is 2.85. The number of nitrogens with one attached hydrogen (secondary N) is 2. The van der Waals surface area contributed by atoms with Crippen LogP contribution in [0.5, 0.6) is 5.75 Å². The van der Waals surface area contributed by atoms with E-state index in [1.54, 1.807) is 13.3 Å². The maximum Gasteiger partial charge on any atom is 0.249 e. The van der Waals surface area contributed by atoms with Crippen molar-refractivity contribution in [2.24, 2.45) is 5.92 Å². The molecule has 21 heavy (non-hydrogen) atoms. The van der Waals surface area contributed by atoms with E-state index in [0.29, 0.717) is 17.7 Å². The highest BCUT2D eigenvalue weighted by molar-refractivity contribution is 5.63. The molecule has 0 aliphatic heterocycles. The number of aromatic nitrogens is 3. The molecule has 1 aromatic carbocycles. The molecule has 2 N–H and O–H groups in total. The fraction of sp³-hybridized carbons (Fsp3) is 0.400. The van der Waals surface area contributed by atoms with Crippen LogP contribution in [-0.4, -0.2) is 28.8 Å². The molecule has 0 spiro atoms. The van der Waals surface area contributed by atoms with Crippen LogP contribution in [-0.2, 0) is 0 Å². The van der Waals surface area contributed by atoms with E-state index < -0.39 is 0 Å². The molecular weight excluding hydrogens is 266 g/mol. The minimum Gasteiger partial charge on any atom is -0.495 e. The SMILES string of the molecule is COc1ccc(C)cc1Nc1nncc(NCC(C)C)n1. The second-order valence-electron chi connectivity index (χ2n) is 5.27. The van der Waals surface area contributed by atoms with Crippen molar-refractivity contribution in [1.29, 1.82) is 0 Å². The van der Waals surface area contributed by atoms with Crippen LogP contribution in [0.15, 0.2) is 24.4 Å². The highest BCUT2D eigenvalue weighted by Crippen LogP contribution is 2.27. The lowest BCUT2D eigenvalue weighted by Crippen LogP contribution is -2.11. The zero-order valence-electron chi connectivity index (χ0n) is 12.8. The second-order valence-corrected chi connectivity index (χ2v) is 5.27. The second kappa shape index (κ2) is 6.88. The Morgan fingerprint density at radius 1 is 1.29 bits per heavy atom. The van der Waals surface area contributed by atoms with E-state index in [0.717, 1.165) is 23.5 Å². The molecule has 6 heteroatoms. The molecule has 0 atom stereocenters. The van der Waals surface area contributed by atoms with Crippen molar-refractivity contribution in [3.63, 3.8) is 0 Å². The summed E-state index contributed by atoms with van der Waals surface area (Å²) in [5, 5.41) is 14.3. The summed E-state index contributed by atoms with van der Waals surface area (Å²) in [6.45, 7) is 7.13. The summed E-state index contributed by atoms with van der Waals surface area (Å²) < 4.78 is 5.33. The molecule has 6 nitrogen and oxygen atoms in total. The van der Waals surface area contributed by atoms with Gasteiger partial charge in [0.15, 0.2) is 5.82 Å². The van der Waals surface area contributed by atoms with E-state index in [9.17, 15) is 0 Å². The third-order valence-corrected chi connectivity index (χ3v) is 2.85. The Labute approximate surface area is 125 Å². The summed E-state index contributed by atoms with van der Waals surface area (Å²) in [4.78, 5) is 4.39. The van der Waals surface area contributed by atoms with E-state index in [4.69, 9.17) is 4.74 Å². The van der Waals surface area contributed by atoms with Gasteiger partial charge >= 0.3 is 0 Å². The van der Waals surface area contributed by atoms with E-state index >= 15 is 0 Å². The molecule has 2 rings (SSSR count). The molecule has 0 aliphatic carbocycles. The van der Waals surface area contributed by atoms with Gasteiger partial charge in [0.05, 0.1) is 19.0 Å². The lowest BCUT2D eigenvalue weighted by molar-refractivity contribution is 0.416. The average Bonchev–Trinajstić information content (AvgIpc) is 2.46. The molecule has 1 aromatic heterocycles. The van der Waals surface area contributed by atoms with Gasteiger partial charge in [-0.25, -0.2) is 0 Å². The number of anilines is 3. The van der Waals surface area contributed by atoms with Crippen LogP contribution in [0, 0.1) is 12.8 Å². The normalized spacial score (nSPS) is 10.5. The highest BCUT2D eigenvalue weighted by atomic mass is 16.5. The number of benzene rings is 1. The molecular formula is C15H21N5O. The van der Waals surface area contributed by atoms with Crippen LogP contribution < -0.4 is 15.4 Å². The molecule has 112 valence electrons. The first kappa shape index (κ1) is 15.0. The molecule has 0 saturated carbocycles. The molecule has 0 fully saturated rings. The van der Waals surface area contributed by atoms with Crippen LogP contribution in [0.4, 0.5) is 17.5 Å². The van der Waals surface area contributed by atoms with Crippen LogP contribution in [0.3, 0.4) is 0 Å². The number of aryl methyl sites for hydroxylation is 1. The van der Waals surface area contributed by atoms with Gasteiger partial charge in [0.2, 0.25) is 5.95 Å². The lowest BCUT2D eigenvalue weighted by Gasteiger charge is -2.12. The smallest absolute Gasteiger partial charge is 0.249 e. The first-order valence-corrected chi connectivity index (χ1v) is 6.93. The molecule has 0 saturated heterocycles. The van der Waals surface area contributed by atoms with Crippen LogP contribution in [0.25, 0.3) is 0 Å². The number of hydrogen-bond donors (Lipinski definition) is 2. The minimum atomic E-state index is 0.438. The van der Waals surface area contributed by atoms with E-state index in [1.165, 1.54) is 0 Å². The summed E-state index contributed by atoms with van der Waals surface area (Å²) in [5.41, 5.74) is 1.95. The summed E-state index contributed by atoms with van der Waals surface area (Å²) in [5.74, 6) is 2.42. The Morgan fingerprint density at radius 3 is 2.81 bits per heavy atom. The third kappa shape index (κ3) is 4.30. The lowest BCUT2D eigenvalue weighted by atomic mass is 10.2. The summed E-state index contributed by atoms with van der Waals surface area (Å²) in [6, 6.07) is 5.88. The Kier molecular flexibility index (Phi) is 4.92. The molecule has 0 unspecified atom stereocenters. The Hall–Kier alpha value is -2.37. The number of nitrogens with zero attached hydrogens (tertiary/aromatic N) is 3. The quantitative estimate of drug-likeness (QED) is 0.851. The standard InChI is InChI=1S/C15H21N5O/c1-10(2)8-16-14-9-17-20-15(19-14)18-12-7-11(3)5-6-13(12)21-4/h5-7,9-10H,8H2,1-4H3,(H2,16,18,19,20). The van der Waals surface area contributed by atoms with Crippen LogP contribution in [0.1, 0.15) is 19.4 Å². The predicted octanol–water partition coefficient (Wildman–Crippen LogP) is 3.00. The van der Waals surface area contributed by atoms with Crippen molar-refractivity contribution in [3.05, 3.63) is 30.0 Å². The number of methoxy groups -OCH3 is 1. The van der Waals surface area contributed by atoms with E-state index in [-0.39, 0.29) is 0 Å². The maximum atomic E-state index is 5.33.